The number of rotatable bonds is 4. The van der Waals surface area contributed by atoms with E-state index in [-0.39, 0.29) is 17.1 Å². The summed E-state index contributed by atoms with van der Waals surface area (Å²) in [5, 5.41) is 0.838. The summed E-state index contributed by atoms with van der Waals surface area (Å²) in [5.74, 6) is -0.180. The zero-order valence-corrected chi connectivity index (χ0v) is 16.6. The molecule has 0 N–H and O–H groups in total. The average molecular weight is 409 g/mol. The molecule has 4 rings (SSSR count). The number of hydrogen-bond acceptors (Lipinski definition) is 4. The van der Waals surface area contributed by atoms with Crippen molar-refractivity contribution in [2.45, 2.75) is 0 Å². The molecule has 2 aromatic carbocycles. The molecule has 0 aliphatic carbocycles. The highest BCUT2D eigenvalue weighted by molar-refractivity contribution is 6.31. The van der Waals surface area contributed by atoms with E-state index in [9.17, 15) is 9.59 Å². The summed E-state index contributed by atoms with van der Waals surface area (Å²) in [6.07, 6.45) is 4.24. The van der Waals surface area contributed by atoms with Gasteiger partial charge in [0.1, 0.15) is 5.58 Å². The van der Waals surface area contributed by atoms with Gasteiger partial charge in [0.05, 0.1) is 5.39 Å². The Morgan fingerprint density at radius 2 is 1.79 bits per heavy atom. The molecular formula is C23H21ClN2O3. The van der Waals surface area contributed by atoms with E-state index >= 15 is 0 Å². The van der Waals surface area contributed by atoms with Gasteiger partial charge in [-0.3, -0.25) is 14.5 Å². The summed E-state index contributed by atoms with van der Waals surface area (Å²) in [6, 6.07) is 16.2. The molecule has 2 heterocycles. The second-order valence-electron chi connectivity index (χ2n) is 7.02. The molecule has 3 aromatic rings. The van der Waals surface area contributed by atoms with Crippen LogP contribution in [-0.4, -0.2) is 48.4 Å². The van der Waals surface area contributed by atoms with Gasteiger partial charge in [-0.25, -0.2) is 0 Å². The highest BCUT2D eigenvalue weighted by Crippen LogP contribution is 2.19. The normalized spacial score (nSPS) is 15.3. The van der Waals surface area contributed by atoms with Gasteiger partial charge in [0, 0.05) is 43.8 Å². The molecule has 148 valence electrons. The standard InChI is InChI=1S/C23H21ClN2O3/c24-18-8-9-21-19(15-18)20(27)16-22(29-21)23(28)26-13-11-25(12-14-26)10-4-7-17-5-2-1-3-6-17/h1-9,15-16H,10-14H2. The van der Waals surface area contributed by atoms with Crippen LogP contribution in [0.1, 0.15) is 16.1 Å². The maximum atomic E-state index is 12.8. The van der Waals surface area contributed by atoms with Gasteiger partial charge in [0.2, 0.25) is 0 Å². The van der Waals surface area contributed by atoms with Crippen LogP contribution >= 0.6 is 11.6 Å². The molecule has 0 atom stereocenters. The number of fused-ring (bicyclic) bond motifs is 1. The summed E-state index contributed by atoms with van der Waals surface area (Å²) in [6.45, 7) is 3.58. The zero-order chi connectivity index (χ0) is 20.2. The molecule has 6 heteroatoms. The van der Waals surface area contributed by atoms with Crippen LogP contribution in [0.2, 0.25) is 5.02 Å². The zero-order valence-electron chi connectivity index (χ0n) is 15.9. The number of hydrogen-bond donors (Lipinski definition) is 0. The van der Waals surface area contributed by atoms with Crippen LogP contribution in [-0.2, 0) is 0 Å². The molecule has 0 bridgehead atoms. The maximum absolute atomic E-state index is 12.8. The molecule has 5 nitrogen and oxygen atoms in total. The van der Waals surface area contributed by atoms with Crippen molar-refractivity contribution in [3.63, 3.8) is 0 Å². The summed E-state index contributed by atoms with van der Waals surface area (Å²) in [5.41, 5.74) is 1.28. The van der Waals surface area contributed by atoms with Crippen LogP contribution in [0.25, 0.3) is 17.0 Å². The van der Waals surface area contributed by atoms with Gasteiger partial charge in [0.15, 0.2) is 11.2 Å². The molecule has 1 aliphatic heterocycles. The highest BCUT2D eigenvalue weighted by atomic mass is 35.5. The first-order valence-electron chi connectivity index (χ1n) is 9.57. The lowest BCUT2D eigenvalue weighted by atomic mass is 10.2. The van der Waals surface area contributed by atoms with Crippen LogP contribution in [0.4, 0.5) is 0 Å². The van der Waals surface area contributed by atoms with E-state index in [0.717, 1.165) is 19.6 Å². The second-order valence-corrected chi connectivity index (χ2v) is 7.46. The number of benzene rings is 2. The Bertz CT molecular complexity index is 1100. The van der Waals surface area contributed by atoms with Crippen LogP contribution < -0.4 is 5.43 Å². The fraction of sp³-hybridized carbons (Fsp3) is 0.217. The van der Waals surface area contributed by atoms with E-state index in [0.29, 0.717) is 29.1 Å². The Morgan fingerprint density at radius 1 is 1.03 bits per heavy atom. The molecule has 1 amide bonds. The molecule has 1 saturated heterocycles. The molecule has 0 spiro atoms. The lowest BCUT2D eigenvalue weighted by molar-refractivity contribution is 0.0619. The third kappa shape index (κ3) is 4.58. The fourth-order valence-corrected chi connectivity index (χ4v) is 3.60. The van der Waals surface area contributed by atoms with E-state index in [1.54, 1.807) is 23.1 Å². The number of nitrogens with zero attached hydrogens (tertiary/aromatic N) is 2. The Labute approximate surface area is 173 Å². The predicted octanol–water partition coefficient (Wildman–Crippen LogP) is 3.92. The molecule has 1 fully saturated rings. The van der Waals surface area contributed by atoms with Gasteiger partial charge in [0.25, 0.3) is 5.91 Å². The molecule has 29 heavy (non-hydrogen) atoms. The number of amides is 1. The van der Waals surface area contributed by atoms with E-state index < -0.39 is 0 Å². The number of piperazine rings is 1. The second kappa shape index (κ2) is 8.64. The lowest BCUT2D eigenvalue weighted by Crippen LogP contribution is -2.48. The molecular weight excluding hydrogens is 388 g/mol. The van der Waals surface area contributed by atoms with E-state index in [1.165, 1.54) is 11.6 Å². The number of halogens is 1. The Balaban J connectivity index is 1.38. The van der Waals surface area contributed by atoms with Gasteiger partial charge in [-0.05, 0) is 23.8 Å². The molecule has 0 radical (unpaired) electrons. The quantitative estimate of drug-likeness (QED) is 0.656. The Morgan fingerprint density at radius 3 is 2.55 bits per heavy atom. The number of carbonyl (C=O) groups is 1. The Hall–Kier alpha value is -2.89. The SMILES string of the molecule is O=C(c1cc(=O)c2cc(Cl)ccc2o1)N1CCN(CC=Cc2ccccc2)CC1. The van der Waals surface area contributed by atoms with Crippen molar-refractivity contribution in [3.05, 3.63) is 87.2 Å². The summed E-state index contributed by atoms with van der Waals surface area (Å²) >= 11 is 5.93. The van der Waals surface area contributed by atoms with Crippen molar-refractivity contribution in [2.75, 3.05) is 32.7 Å². The topological polar surface area (TPSA) is 53.8 Å². The first kappa shape index (κ1) is 19.4. The van der Waals surface area contributed by atoms with Gasteiger partial charge >= 0.3 is 0 Å². The number of carbonyl (C=O) groups excluding carboxylic acids is 1. The van der Waals surface area contributed by atoms with Crippen molar-refractivity contribution in [3.8, 4) is 0 Å². The van der Waals surface area contributed by atoms with Gasteiger partial charge < -0.3 is 9.32 Å². The molecule has 1 aliphatic rings. The first-order valence-corrected chi connectivity index (χ1v) is 9.94. The van der Waals surface area contributed by atoms with Crippen LogP contribution in [0.15, 0.2) is 69.9 Å². The predicted molar refractivity (Wildman–Crippen MR) is 115 cm³/mol. The van der Waals surface area contributed by atoms with Gasteiger partial charge in [-0.2, -0.15) is 0 Å². The first-order chi connectivity index (χ1) is 14.1. The van der Waals surface area contributed by atoms with Crippen molar-refractivity contribution in [1.82, 2.24) is 9.80 Å². The van der Waals surface area contributed by atoms with Crippen LogP contribution in [0.3, 0.4) is 0 Å². The van der Waals surface area contributed by atoms with Gasteiger partial charge in [-0.1, -0.05) is 54.1 Å². The smallest absolute Gasteiger partial charge is 0.289 e. The molecule has 0 unspecified atom stereocenters. The van der Waals surface area contributed by atoms with Crippen molar-refractivity contribution in [1.29, 1.82) is 0 Å². The average Bonchev–Trinajstić information content (AvgIpc) is 2.75. The monoisotopic (exact) mass is 408 g/mol. The summed E-state index contributed by atoms with van der Waals surface area (Å²) in [4.78, 5) is 29.2. The lowest BCUT2D eigenvalue weighted by Gasteiger charge is -2.33. The minimum atomic E-state index is -0.262. The van der Waals surface area contributed by atoms with E-state index in [4.69, 9.17) is 16.0 Å². The van der Waals surface area contributed by atoms with Crippen molar-refractivity contribution in [2.24, 2.45) is 0 Å². The molecule has 1 aromatic heterocycles. The van der Waals surface area contributed by atoms with Crippen LogP contribution in [0.5, 0.6) is 0 Å². The minimum Gasteiger partial charge on any atom is -0.451 e. The van der Waals surface area contributed by atoms with Crippen molar-refractivity contribution < 1.29 is 9.21 Å². The third-order valence-electron chi connectivity index (χ3n) is 5.03. The van der Waals surface area contributed by atoms with Crippen molar-refractivity contribution >= 4 is 34.6 Å². The maximum Gasteiger partial charge on any atom is 0.289 e. The summed E-state index contributed by atoms with van der Waals surface area (Å²) < 4.78 is 5.68. The van der Waals surface area contributed by atoms with E-state index in [1.807, 2.05) is 18.2 Å². The third-order valence-corrected chi connectivity index (χ3v) is 5.27. The summed E-state index contributed by atoms with van der Waals surface area (Å²) in [7, 11) is 0. The minimum absolute atomic E-state index is 0.0715. The van der Waals surface area contributed by atoms with Gasteiger partial charge in [-0.15, -0.1) is 0 Å². The fourth-order valence-electron chi connectivity index (χ4n) is 3.43. The van der Waals surface area contributed by atoms with Crippen LogP contribution in [0, 0.1) is 0 Å². The molecule has 0 saturated carbocycles. The Kier molecular flexibility index (Phi) is 5.79. The largest absolute Gasteiger partial charge is 0.451 e. The highest BCUT2D eigenvalue weighted by Gasteiger charge is 2.24. The van der Waals surface area contributed by atoms with E-state index in [2.05, 4.69) is 29.2 Å².